The normalized spacial score (nSPS) is 11.8. The number of benzene rings is 3. The Bertz CT molecular complexity index is 1240. The summed E-state index contributed by atoms with van der Waals surface area (Å²) in [5, 5.41) is 9.04. The molecule has 1 N–H and O–H groups in total. The lowest BCUT2D eigenvalue weighted by molar-refractivity contribution is -0.144. The van der Waals surface area contributed by atoms with Gasteiger partial charge in [0.25, 0.3) is 0 Å². The summed E-state index contributed by atoms with van der Waals surface area (Å²) in [6.07, 6.45) is 3.03. The van der Waals surface area contributed by atoms with Gasteiger partial charge in [0.05, 0.1) is 5.75 Å². The predicted molar refractivity (Wildman–Crippen MR) is 140 cm³/mol. The van der Waals surface area contributed by atoms with Crippen molar-refractivity contribution in [2.75, 3.05) is 18.6 Å². The first-order chi connectivity index (χ1) is 16.9. The van der Waals surface area contributed by atoms with Crippen LogP contribution in [0.1, 0.15) is 29.2 Å². The number of rotatable bonds is 9. The smallest absolute Gasteiger partial charge is 0.344 e. The van der Waals surface area contributed by atoms with Crippen LogP contribution in [0.2, 0.25) is 0 Å². The fraction of sp³-hybridized carbons (Fsp3) is 0.207. The van der Waals surface area contributed by atoms with E-state index in [1.165, 1.54) is 19.1 Å². The first kappa shape index (κ1) is 25.9. The van der Waals surface area contributed by atoms with Crippen molar-refractivity contribution >= 4 is 23.3 Å². The van der Waals surface area contributed by atoms with Gasteiger partial charge in [-0.1, -0.05) is 36.1 Å². The second kappa shape index (κ2) is 12.7. The van der Waals surface area contributed by atoms with Gasteiger partial charge in [-0.15, -0.1) is 0 Å². The number of carboxylic acid groups (broad SMARTS) is 1. The molecule has 0 aliphatic carbocycles. The van der Waals surface area contributed by atoms with Crippen molar-refractivity contribution in [3.8, 4) is 23.3 Å². The number of aryl methyl sites for hydroxylation is 1. The summed E-state index contributed by atoms with van der Waals surface area (Å²) in [5.74, 6) is 6.85. The van der Waals surface area contributed by atoms with Gasteiger partial charge >= 0.3 is 5.97 Å². The Morgan fingerprint density at radius 1 is 1.09 bits per heavy atom. The van der Waals surface area contributed by atoms with Gasteiger partial charge in [0, 0.05) is 5.56 Å². The van der Waals surface area contributed by atoms with Gasteiger partial charge in [0.2, 0.25) is 0 Å². The molecule has 4 nitrogen and oxygen atoms in total. The lowest BCUT2D eigenvalue weighted by atomic mass is 9.97. The first-order valence-electron chi connectivity index (χ1n) is 11.0. The predicted octanol–water partition coefficient (Wildman–Crippen LogP) is 6.21. The number of aliphatic carboxylic acids is 1. The van der Waals surface area contributed by atoms with Crippen molar-refractivity contribution in [2.24, 2.45) is 0 Å². The molecule has 3 aromatic rings. The Balaban J connectivity index is 1.79. The molecule has 3 rings (SSSR count). The van der Waals surface area contributed by atoms with Crippen LogP contribution in [0.4, 0.5) is 4.39 Å². The molecule has 0 amide bonds. The van der Waals surface area contributed by atoms with E-state index in [1.54, 1.807) is 42.1 Å². The van der Waals surface area contributed by atoms with E-state index in [0.717, 1.165) is 33.6 Å². The minimum atomic E-state index is -1.02. The molecule has 35 heavy (non-hydrogen) atoms. The molecule has 0 spiro atoms. The zero-order chi connectivity index (χ0) is 25.2. The largest absolute Gasteiger partial charge is 0.489 e. The minimum Gasteiger partial charge on any atom is -0.489 e. The summed E-state index contributed by atoms with van der Waals surface area (Å²) in [7, 11) is 0. The van der Waals surface area contributed by atoms with Crippen LogP contribution in [0.15, 0.2) is 72.8 Å². The van der Waals surface area contributed by atoms with E-state index in [4.69, 9.17) is 14.6 Å². The maximum atomic E-state index is 13.5. The Hall–Kier alpha value is -3.69. The molecule has 1 atom stereocenters. The molecule has 0 aliphatic rings. The van der Waals surface area contributed by atoms with E-state index in [1.807, 2.05) is 43.5 Å². The summed E-state index contributed by atoms with van der Waals surface area (Å²) >= 11 is 1.68. The van der Waals surface area contributed by atoms with E-state index >= 15 is 0 Å². The average Bonchev–Trinajstić information content (AvgIpc) is 2.85. The zero-order valence-electron chi connectivity index (χ0n) is 19.9. The van der Waals surface area contributed by atoms with Crippen LogP contribution in [0, 0.1) is 24.6 Å². The van der Waals surface area contributed by atoms with Crippen molar-refractivity contribution in [1.82, 2.24) is 0 Å². The van der Waals surface area contributed by atoms with Gasteiger partial charge in [0.1, 0.15) is 23.9 Å². The molecule has 180 valence electrons. The molecule has 0 bridgehead atoms. The Labute approximate surface area is 209 Å². The van der Waals surface area contributed by atoms with Crippen molar-refractivity contribution in [2.45, 2.75) is 20.0 Å². The van der Waals surface area contributed by atoms with Crippen molar-refractivity contribution in [3.63, 3.8) is 0 Å². The first-order valence-corrected chi connectivity index (χ1v) is 12.4. The van der Waals surface area contributed by atoms with E-state index in [-0.39, 0.29) is 12.4 Å². The molecule has 1 unspecified atom stereocenters. The summed E-state index contributed by atoms with van der Waals surface area (Å²) in [4.78, 5) is 11.0. The lowest BCUT2D eigenvalue weighted by Gasteiger charge is -2.14. The lowest BCUT2D eigenvalue weighted by Crippen LogP contribution is -2.23. The Morgan fingerprint density at radius 3 is 2.34 bits per heavy atom. The molecular formula is C29H27FO4S. The highest BCUT2D eigenvalue weighted by Gasteiger charge is 2.14. The molecule has 0 radical (unpaired) electrons. The standard InChI is InChI=1S/C29H27FO4S/c1-20-19-26(14-15-28(20)34-21(2)29(31)32)33-17-16-27(24-10-12-25(30)13-11-24)23-8-6-22(7-9-23)5-4-18-35-3/h6-16,19,21H,17-18H2,1-3H3,(H,31,32)/b27-16-. The second-order valence-corrected chi connectivity index (χ2v) is 8.64. The van der Waals surface area contributed by atoms with E-state index in [9.17, 15) is 9.18 Å². The van der Waals surface area contributed by atoms with Gasteiger partial charge in [0.15, 0.2) is 6.10 Å². The SMILES string of the molecule is CSCC#Cc1ccc(/C(=C/COc2ccc(OC(C)C(=O)O)c(C)c2)c2ccc(F)cc2)cc1. The van der Waals surface area contributed by atoms with Crippen molar-refractivity contribution in [1.29, 1.82) is 0 Å². The molecule has 0 heterocycles. The molecule has 0 saturated heterocycles. The summed E-state index contributed by atoms with van der Waals surface area (Å²) < 4.78 is 24.9. The fourth-order valence-corrected chi connectivity index (χ4v) is 3.50. The number of carbonyl (C=O) groups is 1. The molecule has 0 saturated carbocycles. The van der Waals surface area contributed by atoms with Gasteiger partial charge in [-0.25, -0.2) is 9.18 Å². The van der Waals surface area contributed by atoms with Crippen LogP contribution in [-0.2, 0) is 4.79 Å². The van der Waals surface area contributed by atoms with Crippen molar-refractivity contribution in [3.05, 3.63) is 101 Å². The number of carboxylic acids is 1. The third kappa shape index (κ3) is 7.66. The molecule has 0 aliphatic heterocycles. The molecule has 0 aromatic heterocycles. The molecule has 0 fully saturated rings. The highest BCUT2D eigenvalue weighted by molar-refractivity contribution is 7.98. The van der Waals surface area contributed by atoms with Gasteiger partial charge in [-0.05, 0) is 90.9 Å². The number of thioether (sulfide) groups is 1. The topological polar surface area (TPSA) is 55.8 Å². The van der Waals surface area contributed by atoms with Gasteiger partial charge < -0.3 is 14.6 Å². The monoisotopic (exact) mass is 490 g/mol. The summed E-state index contributed by atoms with van der Waals surface area (Å²) in [6.45, 7) is 3.60. The number of hydrogen-bond acceptors (Lipinski definition) is 4. The average molecular weight is 491 g/mol. The third-order valence-corrected chi connectivity index (χ3v) is 5.57. The van der Waals surface area contributed by atoms with E-state index in [2.05, 4.69) is 11.8 Å². The highest BCUT2D eigenvalue weighted by Crippen LogP contribution is 2.26. The van der Waals surface area contributed by atoms with E-state index < -0.39 is 12.1 Å². The van der Waals surface area contributed by atoms with Crippen LogP contribution in [0.25, 0.3) is 5.57 Å². The van der Waals surface area contributed by atoms with Gasteiger partial charge in [-0.3, -0.25) is 0 Å². The number of halogens is 1. The molecular weight excluding hydrogens is 463 g/mol. The van der Waals surface area contributed by atoms with E-state index in [0.29, 0.717) is 11.5 Å². The highest BCUT2D eigenvalue weighted by atomic mass is 32.2. The van der Waals surface area contributed by atoms with Crippen LogP contribution < -0.4 is 9.47 Å². The number of hydrogen-bond donors (Lipinski definition) is 1. The second-order valence-electron chi connectivity index (χ2n) is 7.77. The number of ether oxygens (including phenoxy) is 2. The molecule has 6 heteroatoms. The summed E-state index contributed by atoms with van der Waals surface area (Å²) in [5.41, 5.74) is 4.47. The zero-order valence-corrected chi connectivity index (χ0v) is 20.7. The minimum absolute atomic E-state index is 0.285. The van der Waals surface area contributed by atoms with Crippen LogP contribution in [0.3, 0.4) is 0 Å². The third-order valence-electron chi connectivity index (χ3n) is 5.14. The fourth-order valence-electron chi connectivity index (χ4n) is 3.28. The Kier molecular flexibility index (Phi) is 9.39. The van der Waals surface area contributed by atoms with Crippen LogP contribution >= 0.6 is 11.8 Å². The van der Waals surface area contributed by atoms with Crippen LogP contribution in [-0.4, -0.2) is 35.8 Å². The quantitative estimate of drug-likeness (QED) is 0.361. The molecule has 3 aromatic carbocycles. The van der Waals surface area contributed by atoms with Gasteiger partial charge in [-0.2, -0.15) is 11.8 Å². The summed E-state index contributed by atoms with van der Waals surface area (Å²) in [6, 6.07) is 19.5. The Morgan fingerprint density at radius 2 is 1.74 bits per heavy atom. The maximum Gasteiger partial charge on any atom is 0.344 e. The van der Waals surface area contributed by atoms with Crippen LogP contribution in [0.5, 0.6) is 11.5 Å². The van der Waals surface area contributed by atoms with Crippen molar-refractivity contribution < 1.29 is 23.8 Å². The maximum absolute atomic E-state index is 13.5.